The van der Waals surface area contributed by atoms with E-state index in [1.165, 1.54) is 0 Å². The molecule has 1 aromatic carbocycles. The van der Waals surface area contributed by atoms with Crippen LogP contribution in [0.3, 0.4) is 0 Å². The third-order valence-corrected chi connectivity index (χ3v) is 2.95. The van der Waals surface area contributed by atoms with Crippen molar-refractivity contribution in [3.63, 3.8) is 0 Å². The predicted molar refractivity (Wildman–Crippen MR) is 73.1 cm³/mol. The average Bonchev–Trinajstić information content (AvgIpc) is 2.29. The molecular weight excluding hydrogens is 228 g/mol. The zero-order valence-electron chi connectivity index (χ0n) is 11.5. The molecule has 100 valence electrons. The van der Waals surface area contributed by atoms with Gasteiger partial charge in [0.05, 0.1) is 18.1 Å². The zero-order valence-corrected chi connectivity index (χ0v) is 11.5. The predicted octanol–water partition coefficient (Wildman–Crippen LogP) is 2.26. The van der Waals surface area contributed by atoms with Crippen LogP contribution >= 0.6 is 0 Å². The summed E-state index contributed by atoms with van der Waals surface area (Å²) in [5.74, 6) is -0.0221. The van der Waals surface area contributed by atoms with Crippen molar-refractivity contribution in [1.29, 1.82) is 0 Å². The molecule has 1 rings (SSSR count). The number of nitrogen functional groups attached to an aromatic ring is 1. The zero-order chi connectivity index (χ0) is 13.8. The van der Waals surface area contributed by atoms with Crippen LogP contribution in [-0.4, -0.2) is 18.6 Å². The summed E-state index contributed by atoms with van der Waals surface area (Å²) in [5.41, 5.74) is 6.94. The first-order valence-electron chi connectivity index (χ1n) is 6.04. The average molecular weight is 250 g/mol. The molecule has 0 fully saturated rings. The van der Waals surface area contributed by atoms with E-state index in [-0.39, 0.29) is 11.9 Å². The van der Waals surface area contributed by atoms with E-state index in [1.54, 1.807) is 7.11 Å². The van der Waals surface area contributed by atoms with Crippen LogP contribution in [0, 0.1) is 0 Å². The molecule has 1 unspecified atom stereocenters. The molecule has 1 amide bonds. The molecular formula is C14H22N2O2. The third kappa shape index (κ3) is 4.37. The lowest BCUT2D eigenvalue weighted by Gasteiger charge is -2.23. The Kier molecular flexibility index (Phi) is 4.73. The highest BCUT2D eigenvalue weighted by atomic mass is 16.5. The smallest absolute Gasteiger partial charge is 0.223 e. The van der Waals surface area contributed by atoms with Crippen molar-refractivity contribution in [3.05, 3.63) is 29.8 Å². The van der Waals surface area contributed by atoms with Gasteiger partial charge in [0.1, 0.15) is 0 Å². The second-order valence-electron chi connectivity index (χ2n) is 5.10. The van der Waals surface area contributed by atoms with Crippen LogP contribution in [0.15, 0.2) is 24.3 Å². The Morgan fingerprint density at radius 1 is 1.39 bits per heavy atom. The van der Waals surface area contributed by atoms with E-state index in [9.17, 15) is 4.79 Å². The van der Waals surface area contributed by atoms with Gasteiger partial charge in [-0.15, -0.1) is 0 Å². The first-order valence-corrected chi connectivity index (χ1v) is 6.04. The Balaban J connectivity index is 2.57. The number of carbonyl (C=O) groups excluding carboxylic acids is 1. The number of anilines is 1. The molecule has 1 atom stereocenters. The van der Waals surface area contributed by atoms with Gasteiger partial charge in [-0.25, -0.2) is 0 Å². The molecule has 0 heterocycles. The molecule has 0 aliphatic carbocycles. The van der Waals surface area contributed by atoms with Gasteiger partial charge in [0.15, 0.2) is 0 Å². The van der Waals surface area contributed by atoms with E-state index in [4.69, 9.17) is 10.5 Å². The van der Waals surface area contributed by atoms with E-state index in [2.05, 4.69) is 5.32 Å². The van der Waals surface area contributed by atoms with E-state index in [0.717, 1.165) is 11.3 Å². The lowest BCUT2D eigenvalue weighted by atomic mass is 10.0. The molecule has 0 aromatic heterocycles. The fourth-order valence-corrected chi connectivity index (χ4v) is 1.62. The number of amides is 1. The maximum absolute atomic E-state index is 11.9. The van der Waals surface area contributed by atoms with E-state index >= 15 is 0 Å². The van der Waals surface area contributed by atoms with Crippen molar-refractivity contribution < 1.29 is 9.53 Å². The molecule has 0 radical (unpaired) electrons. The van der Waals surface area contributed by atoms with E-state index in [1.807, 2.05) is 45.0 Å². The standard InChI is InChI=1S/C14H22N2O2/c1-10(11-5-7-12(15)8-6-11)16-13(17)9-14(2,3)18-4/h5-8,10H,9,15H2,1-4H3,(H,16,17). The molecule has 3 N–H and O–H groups in total. The Labute approximate surface area is 109 Å². The number of nitrogens with one attached hydrogen (secondary N) is 1. The molecule has 0 spiro atoms. The molecule has 0 aliphatic rings. The van der Waals surface area contributed by atoms with Crippen molar-refractivity contribution in [2.24, 2.45) is 0 Å². The topological polar surface area (TPSA) is 64.3 Å². The number of hydrogen-bond acceptors (Lipinski definition) is 3. The van der Waals surface area contributed by atoms with Crippen LogP contribution in [0.5, 0.6) is 0 Å². The monoisotopic (exact) mass is 250 g/mol. The number of carbonyl (C=O) groups is 1. The SMILES string of the molecule is COC(C)(C)CC(=O)NC(C)c1ccc(N)cc1. The van der Waals surface area contributed by atoms with Crippen molar-refractivity contribution in [2.75, 3.05) is 12.8 Å². The van der Waals surface area contributed by atoms with Gasteiger partial charge in [0.25, 0.3) is 0 Å². The minimum Gasteiger partial charge on any atom is -0.399 e. The third-order valence-electron chi connectivity index (χ3n) is 2.95. The summed E-state index contributed by atoms with van der Waals surface area (Å²) < 4.78 is 5.23. The van der Waals surface area contributed by atoms with Crippen molar-refractivity contribution >= 4 is 11.6 Å². The normalized spacial score (nSPS) is 13.1. The molecule has 4 nitrogen and oxygen atoms in total. The highest BCUT2D eigenvalue weighted by Crippen LogP contribution is 2.17. The van der Waals surface area contributed by atoms with Crippen LogP contribution < -0.4 is 11.1 Å². The minimum atomic E-state index is -0.440. The van der Waals surface area contributed by atoms with Crippen LogP contribution in [0.1, 0.15) is 38.8 Å². The molecule has 4 heteroatoms. The van der Waals surface area contributed by atoms with Crippen LogP contribution in [-0.2, 0) is 9.53 Å². The van der Waals surface area contributed by atoms with Crippen molar-refractivity contribution in [1.82, 2.24) is 5.32 Å². The summed E-state index contributed by atoms with van der Waals surface area (Å²) in [6.45, 7) is 5.73. The van der Waals surface area contributed by atoms with Gasteiger partial charge in [-0.1, -0.05) is 12.1 Å². The van der Waals surface area contributed by atoms with E-state index < -0.39 is 5.60 Å². The maximum Gasteiger partial charge on any atom is 0.223 e. The van der Waals surface area contributed by atoms with Crippen LogP contribution in [0.4, 0.5) is 5.69 Å². The largest absolute Gasteiger partial charge is 0.399 e. The first kappa shape index (κ1) is 14.5. The first-order chi connectivity index (χ1) is 8.34. The van der Waals surface area contributed by atoms with Gasteiger partial charge < -0.3 is 15.8 Å². The molecule has 0 saturated carbocycles. The molecule has 0 saturated heterocycles. The van der Waals surface area contributed by atoms with Gasteiger partial charge in [-0.2, -0.15) is 0 Å². The Bertz CT molecular complexity index is 399. The van der Waals surface area contributed by atoms with Crippen molar-refractivity contribution in [3.8, 4) is 0 Å². The quantitative estimate of drug-likeness (QED) is 0.788. The maximum atomic E-state index is 11.9. The van der Waals surface area contributed by atoms with Gasteiger partial charge in [-0.05, 0) is 38.5 Å². The van der Waals surface area contributed by atoms with Gasteiger partial charge >= 0.3 is 0 Å². The number of rotatable bonds is 5. The lowest BCUT2D eigenvalue weighted by molar-refractivity contribution is -0.126. The molecule has 0 aliphatic heterocycles. The van der Waals surface area contributed by atoms with Crippen LogP contribution in [0.2, 0.25) is 0 Å². The summed E-state index contributed by atoms with van der Waals surface area (Å²) in [4.78, 5) is 11.9. The summed E-state index contributed by atoms with van der Waals surface area (Å²) in [6, 6.07) is 7.46. The Hall–Kier alpha value is -1.55. The fourth-order valence-electron chi connectivity index (χ4n) is 1.62. The second-order valence-corrected chi connectivity index (χ2v) is 5.10. The fraction of sp³-hybridized carbons (Fsp3) is 0.500. The summed E-state index contributed by atoms with van der Waals surface area (Å²) >= 11 is 0. The Morgan fingerprint density at radius 2 is 1.94 bits per heavy atom. The number of benzene rings is 1. The van der Waals surface area contributed by atoms with E-state index in [0.29, 0.717) is 6.42 Å². The Morgan fingerprint density at radius 3 is 2.44 bits per heavy atom. The van der Waals surface area contributed by atoms with Gasteiger partial charge in [0, 0.05) is 12.8 Å². The molecule has 18 heavy (non-hydrogen) atoms. The summed E-state index contributed by atoms with van der Waals surface area (Å²) in [7, 11) is 1.61. The van der Waals surface area contributed by atoms with Crippen LogP contribution in [0.25, 0.3) is 0 Å². The minimum absolute atomic E-state index is 0.0221. The number of methoxy groups -OCH3 is 1. The summed E-state index contributed by atoms with van der Waals surface area (Å²) in [5, 5.41) is 2.95. The number of nitrogens with two attached hydrogens (primary N) is 1. The van der Waals surface area contributed by atoms with Crippen molar-refractivity contribution in [2.45, 2.75) is 38.8 Å². The molecule has 1 aromatic rings. The molecule has 0 bridgehead atoms. The number of ether oxygens (including phenoxy) is 1. The highest BCUT2D eigenvalue weighted by Gasteiger charge is 2.22. The number of hydrogen-bond donors (Lipinski definition) is 2. The van der Waals surface area contributed by atoms with Gasteiger partial charge in [-0.3, -0.25) is 4.79 Å². The van der Waals surface area contributed by atoms with Gasteiger partial charge in [0.2, 0.25) is 5.91 Å². The highest BCUT2D eigenvalue weighted by molar-refractivity contribution is 5.77. The summed E-state index contributed by atoms with van der Waals surface area (Å²) in [6.07, 6.45) is 0.336. The second kappa shape index (κ2) is 5.87. The lowest BCUT2D eigenvalue weighted by Crippen LogP contribution is -2.34.